The summed E-state index contributed by atoms with van der Waals surface area (Å²) in [5, 5.41) is 3.72. The van der Waals surface area contributed by atoms with Gasteiger partial charge in [-0.1, -0.05) is 13.8 Å². The third-order valence-electron chi connectivity index (χ3n) is 4.36. The van der Waals surface area contributed by atoms with Gasteiger partial charge in [-0.3, -0.25) is 9.78 Å². The predicted octanol–water partition coefficient (Wildman–Crippen LogP) is 2.91. The van der Waals surface area contributed by atoms with Gasteiger partial charge < -0.3 is 15.1 Å². The van der Waals surface area contributed by atoms with Crippen molar-refractivity contribution < 1.29 is 0 Å². The van der Waals surface area contributed by atoms with E-state index in [9.17, 15) is 4.79 Å². The van der Waals surface area contributed by atoms with Crippen molar-refractivity contribution in [1.82, 2.24) is 14.9 Å². The lowest BCUT2D eigenvalue weighted by Gasteiger charge is -2.34. The Balaban J connectivity index is 1.66. The van der Waals surface area contributed by atoms with Crippen LogP contribution in [0.2, 0.25) is 0 Å². The Bertz CT molecular complexity index is 766. The average Bonchev–Trinajstić information content (AvgIpc) is 2.61. The summed E-state index contributed by atoms with van der Waals surface area (Å²) in [6.45, 7) is 8.55. The number of rotatable bonds is 6. The van der Waals surface area contributed by atoms with Gasteiger partial charge in [0.25, 0.3) is 5.56 Å². The summed E-state index contributed by atoms with van der Waals surface area (Å²) in [5.41, 5.74) is 2.81. The van der Waals surface area contributed by atoms with E-state index < -0.39 is 0 Å². The van der Waals surface area contributed by atoms with Crippen molar-refractivity contribution in [2.45, 2.75) is 24.9 Å². The number of anilines is 3. The maximum absolute atomic E-state index is 11.9. The van der Waals surface area contributed by atoms with E-state index in [4.69, 9.17) is 0 Å². The van der Waals surface area contributed by atoms with Gasteiger partial charge in [0.2, 0.25) is 5.95 Å². The fraction of sp³-hybridized carbons (Fsp3) is 0.474. The molecule has 0 amide bonds. The largest absolute Gasteiger partial charge is 0.369 e. The lowest BCUT2D eigenvalue weighted by molar-refractivity contribution is 0.313. The maximum atomic E-state index is 11.9. The molecule has 6 nitrogen and oxygen atoms in total. The second-order valence-electron chi connectivity index (χ2n) is 6.91. The Morgan fingerprint density at radius 2 is 1.88 bits per heavy atom. The highest BCUT2D eigenvalue weighted by Gasteiger charge is 2.14. The molecule has 3 rings (SSSR count). The fourth-order valence-electron chi connectivity index (χ4n) is 2.85. The molecule has 2 heterocycles. The van der Waals surface area contributed by atoms with Crippen LogP contribution in [0.4, 0.5) is 17.3 Å². The fourth-order valence-corrected chi connectivity index (χ4v) is 3.50. The molecule has 140 valence electrons. The Morgan fingerprint density at radius 1 is 1.19 bits per heavy atom. The number of benzene rings is 1. The van der Waals surface area contributed by atoms with Gasteiger partial charge in [0.1, 0.15) is 0 Å². The third kappa shape index (κ3) is 5.25. The van der Waals surface area contributed by atoms with Gasteiger partial charge in [0, 0.05) is 49.4 Å². The SMILES string of the molecule is CC(C)SCc1cc(=O)[nH]c(Nc2ccc(N3CCN(C)CC3)cc2)n1. The van der Waals surface area contributed by atoms with Gasteiger partial charge >= 0.3 is 0 Å². The lowest BCUT2D eigenvalue weighted by Crippen LogP contribution is -2.44. The molecule has 1 saturated heterocycles. The molecule has 1 aromatic heterocycles. The van der Waals surface area contributed by atoms with Gasteiger partial charge in [-0.05, 0) is 36.6 Å². The first-order valence-electron chi connectivity index (χ1n) is 9.02. The molecule has 1 aliphatic heterocycles. The first-order chi connectivity index (χ1) is 12.5. The Hall–Kier alpha value is -1.99. The van der Waals surface area contributed by atoms with Crippen molar-refractivity contribution >= 4 is 29.1 Å². The van der Waals surface area contributed by atoms with E-state index in [1.165, 1.54) is 5.69 Å². The standard InChI is InChI=1S/C19H27N5OS/c1-14(2)26-13-16-12-18(25)22-19(21-16)20-15-4-6-17(7-5-15)24-10-8-23(3)9-11-24/h4-7,12,14H,8-11,13H2,1-3H3,(H2,20,21,22,25). The summed E-state index contributed by atoms with van der Waals surface area (Å²) in [6.07, 6.45) is 0. The van der Waals surface area contributed by atoms with Crippen LogP contribution < -0.4 is 15.8 Å². The lowest BCUT2D eigenvalue weighted by atomic mass is 10.2. The van der Waals surface area contributed by atoms with E-state index in [-0.39, 0.29) is 5.56 Å². The molecule has 1 aromatic carbocycles. The molecule has 2 N–H and O–H groups in total. The number of piperazine rings is 1. The predicted molar refractivity (Wildman–Crippen MR) is 111 cm³/mol. The number of aromatic amines is 1. The number of hydrogen-bond donors (Lipinski definition) is 2. The Labute approximate surface area is 159 Å². The van der Waals surface area contributed by atoms with Gasteiger partial charge in [-0.25, -0.2) is 4.98 Å². The number of thioether (sulfide) groups is 1. The molecule has 1 aliphatic rings. The summed E-state index contributed by atoms with van der Waals surface area (Å²) in [6, 6.07) is 9.86. The van der Waals surface area contributed by atoms with E-state index in [1.54, 1.807) is 17.8 Å². The normalized spacial score (nSPS) is 15.5. The molecule has 0 aliphatic carbocycles. The highest BCUT2D eigenvalue weighted by Crippen LogP contribution is 2.21. The summed E-state index contributed by atoms with van der Waals surface area (Å²) in [5.74, 6) is 1.22. The van der Waals surface area contributed by atoms with Crippen molar-refractivity contribution in [2.24, 2.45) is 0 Å². The number of aromatic nitrogens is 2. The van der Waals surface area contributed by atoms with E-state index in [2.05, 4.69) is 58.1 Å². The minimum Gasteiger partial charge on any atom is -0.369 e. The molecule has 0 radical (unpaired) electrons. The zero-order valence-corrected chi connectivity index (χ0v) is 16.5. The van der Waals surface area contributed by atoms with Crippen molar-refractivity contribution in [3.63, 3.8) is 0 Å². The summed E-state index contributed by atoms with van der Waals surface area (Å²) in [7, 11) is 2.16. The van der Waals surface area contributed by atoms with Crippen molar-refractivity contribution in [1.29, 1.82) is 0 Å². The molecular weight excluding hydrogens is 346 g/mol. The van der Waals surface area contributed by atoms with Gasteiger partial charge in [-0.2, -0.15) is 11.8 Å². The van der Waals surface area contributed by atoms with Crippen LogP contribution in [0, 0.1) is 0 Å². The summed E-state index contributed by atoms with van der Waals surface area (Å²) in [4.78, 5) is 23.9. The maximum Gasteiger partial charge on any atom is 0.252 e. The molecule has 0 bridgehead atoms. The van der Waals surface area contributed by atoms with Crippen molar-refractivity contribution in [3.8, 4) is 0 Å². The van der Waals surface area contributed by atoms with Crippen molar-refractivity contribution in [2.75, 3.05) is 43.4 Å². The van der Waals surface area contributed by atoms with Gasteiger partial charge in [0.15, 0.2) is 0 Å². The van der Waals surface area contributed by atoms with Crippen LogP contribution in [0.15, 0.2) is 35.1 Å². The summed E-state index contributed by atoms with van der Waals surface area (Å²) >= 11 is 1.77. The minimum atomic E-state index is -0.129. The number of hydrogen-bond acceptors (Lipinski definition) is 6. The molecule has 1 fully saturated rings. The quantitative estimate of drug-likeness (QED) is 0.812. The number of nitrogens with one attached hydrogen (secondary N) is 2. The van der Waals surface area contributed by atoms with E-state index >= 15 is 0 Å². The monoisotopic (exact) mass is 373 g/mol. The summed E-state index contributed by atoms with van der Waals surface area (Å²) < 4.78 is 0. The first kappa shape index (κ1) is 18.8. The molecule has 7 heteroatoms. The highest BCUT2D eigenvalue weighted by atomic mass is 32.2. The second kappa shape index (κ2) is 8.60. The van der Waals surface area contributed by atoms with Crippen LogP contribution in [-0.2, 0) is 5.75 Å². The molecule has 26 heavy (non-hydrogen) atoms. The second-order valence-corrected chi connectivity index (χ2v) is 8.47. The van der Waals surface area contributed by atoms with Crippen molar-refractivity contribution in [3.05, 3.63) is 46.4 Å². The zero-order valence-electron chi connectivity index (χ0n) is 15.7. The van der Waals surface area contributed by atoms with Crippen LogP contribution in [0.5, 0.6) is 0 Å². The molecular formula is C19H27N5OS. The van der Waals surface area contributed by atoms with E-state index in [1.807, 2.05) is 12.1 Å². The molecule has 0 unspecified atom stereocenters. The molecule has 2 aromatic rings. The third-order valence-corrected chi connectivity index (χ3v) is 5.49. The van der Waals surface area contributed by atoms with Crippen LogP contribution in [0.3, 0.4) is 0 Å². The van der Waals surface area contributed by atoms with Crippen LogP contribution in [-0.4, -0.2) is 53.3 Å². The van der Waals surface area contributed by atoms with Gasteiger partial charge in [0.05, 0.1) is 5.69 Å². The smallest absolute Gasteiger partial charge is 0.252 e. The molecule has 0 spiro atoms. The average molecular weight is 374 g/mol. The van der Waals surface area contributed by atoms with E-state index in [0.29, 0.717) is 11.2 Å². The highest BCUT2D eigenvalue weighted by molar-refractivity contribution is 7.99. The molecule has 0 atom stereocenters. The molecule has 0 saturated carbocycles. The topological polar surface area (TPSA) is 64.3 Å². The number of nitrogens with zero attached hydrogens (tertiary/aromatic N) is 3. The van der Waals surface area contributed by atoms with Crippen LogP contribution in [0.25, 0.3) is 0 Å². The first-order valence-corrected chi connectivity index (χ1v) is 10.1. The zero-order chi connectivity index (χ0) is 18.5. The van der Waals surface area contributed by atoms with Crippen LogP contribution >= 0.6 is 11.8 Å². The van der Waals surface area contributed by atoms with Gasteiger partial charge in [-0.15, -0.1) is 0 Å². The van der Waals surface area contributed by atoms with Crippen LogP contribution in [0.1, 0.15) is 19.5 Å². The number of likely N-dealkylation sites (N-methyl/N-ethyl adjacent to an activating group) is 1. The van der Waals surface area contributed by atoms with E-state index in [0.717, 1.165) is 43.3 Å². The minimum absolute atomic E-state index is 0.129. The number of H-pyrrole nitrogens is 1. The Morgan fingerprint density at radius 3 is 2.54 bits per heavy atom. The Kier molecular flexibility index (Phi) is 6.21.